The lowest BCUT2D eigenvalue weighted by molar-refractivity contribution is 0.0686. The van der Waals surface area contributed by atoms with E-state index in [1.165, 1.54) is 23.4 Å². The van der Waals surface area contributed by atoms with Gasteiger partial charge in [0.2, 0.25) is 5.69 Å². The molecular formula is C13H9N5O3. The monoisotopic (exact) mass is 283 g/mol. The van der Waals surface area contributed by atoms with Crippen LogP contribution < -0.4 is 4.74 Å². The smallest absolute Gasteiger partial charge is 0.360 e. The molecule has 0 radical (unpaired) electrons. The third kappa shape index (κ3) is 2.68. The fourth-order valence-corrected chi connectivity index (χ4v) is 1.63. The second kappa shape index (κ2) is 5.37. The van der Waals surface area contributed by atoms with E-state index in [9.17, 15) is 4.79 Å². The van der Waals surface area contributed by atoms with Crippen LogP contribution in [0.15, 0.2) is 49.1 Å². The van der Waals surface area contributed by atoms with Gasteiger partial charge in [-0.25, -0.2) is 19.4 Å². The second-order valence-electron chi connectivity index (χ2n) is 3.92. The number of carboxylic acid groups (broad SMARTS) is 1. The SMILES string of the molecule is O=C(O)c1nccnc1Oc1ncn(-c2ccccc2)n1. The third-order valence-electron chi connectivity index (χ3n) is 2.55. The summed E-state index contributed by atoms with van der Waals surface area (Å²) in [5.74, 6) is -1.39. The number of carboxylic acids is 1. The Morgan fingerprint density at radius 2 is 1.86 bits per heavy atom. The number of para-hydroxylation sites is 1. The quantitative estimate of drug-likeness (QED) is 0.774. The van der Waals surface area contributed by atoms with E-state index in [-0.39, 0.29) is 17.6 Å². The highest BCUT2D eigenvalue weighted by molar-refractivity contribution is 5.87. The van der Waals surface area contributed by atoms with Crippen LogP contribution in [0.3, 0.4) is 0 Å². The molecule has 0 saturated carbocycles. The predicted octanol–water partition coefficient (Wildman–Crippen LogP) is 1.55. The maximum atomic E-state index is 11.0. The molecule has 0 amide bonds. The van der Waals surface area contributed by atoms with Crippen molar-refractivity contribution in [2.75, 3.05) is 0 Å². The van der Waals surface area contributed by atoms with Crippen LogP contribution in [-0.4, -0.2) is 35.8 Å². The summed E-state index contributed by atoms with van der Waals surface area (Å²) in [6, 6.07) is 9.30. The maximum absolute atomic E-state index is 11.0. The van der Waals surface area contributed by atoms with Gasteiger partial charge in [-0.15, -0.1) is 5.10 Å². The van der Waals surface area contributed by atoms with Gasteiger partial charge >= 0.3 is 12.0 Å². The van der Waals surface area contributed by atoms with Gasteiger partial charge in [-0.1, -0.05) is 18.2 Å². The Balaban J connectivity index is 1.87. The van der Waals surface area contributed by atoms with Crippen LogP contribution in [0.25, 0.3) is 5.69 Å². The zero-order valence-electron chi connectivity index (χ0n) is 10.6. The zero-order valence-corrected chi connectivity index (χ0v) is 10.6. The molecule has 8 heteroatoms. The van der Waals surface area contributed by atoms with Crippen molar-refractivity contribution in [2.24, 2.45) is 0 Å². The van der Waals surface area contributed by atoms with Crippen molar-refractivity contribution < 1.29 is 14.6 Å². The number of rotatable bonds is 4. The first-order valence-corrected chi connectivity index (χ1v) is 5.93. The second-order valence-corrected chi connectivity index (χ2v) is 3.92. The number of aromatic nitrogens is 5. The Bertz CT molecular complexity index is 772. The van der Waals surface area contributed by atoms with Gasteiger partial charge in [0.1, 0.15) is 6.33 Å². The first kappa shape index (κ1) is 12.7. The highest BCUT2D eigenvalue weighted by Crippen LogP contribution is 2.18. The fourth-order valence-electron chi connectivity index (χ4n) is 1.63. The van der Waals surface area contributed by atoms with Gasteiger partial charge in [-0.05, 0) is 12.1 Å². The van der Waals surface area contributed by atoms with E-state index in [0.29, 0.717) is 0 Å². The summed E-state index contributed by atoms with van der Waals surface area (Å²) in [6.07, 6.45) is 4.06. The molecule has 0 saturated heterocycles. The lowest BCUT2D eigenvalue weighted by atomic mass is 10.3. The Labute approximate surface area is 118 Å². The van der Waals surface area contributed by atoms with Crippen LogP contribution >= 0.6 is 0 Å². The van der Waals surface area contributed by atoms with E-state index >= 15 is 0 Å². The predicted molar refractivity (Wildman–Crippen MR) is 70.4 cm³/mol. The molecule has 0 fully saturated rings. The molecule has 1 N–H and O–H groups in total. The molecule has 2 aromatic heterocycles. The van der Waals surface area contributed by atoms with E-state index in [1.807, 2.05) is 30.3 Å². The number of hydrogen-bond donors (Lipinski definition) is 1. The molecule has 21 heavy (non-hydrogen) atoms. The largest absolute Gasteiger partial charge is 0.476 e. The van der Waals surface area contributed by atoms with E-state index in [4.69, 9.17) is 9.84 Å². The minimum atomic E-state index is -1.24. The average Bonchev–Trinajstić information content (AvgIpc) is 2.97. The first-order valence-electron chi connectivity index (χ1n) is 5.93. The van der Waals surface area contributed by atoms with Gasteiger partial charge in [0.05, 0.1) is 5.69 Å². The van der Waals surface area contributed by atoms with Crippen molar-refractivity contribution in [3.8, 4) is 17.6 Å². The van der Waals surface area contributed by atoms with Crippen LogP contribution in [0.2, 0.25) is 0 Å². The van der Waals surface area contributed by atoms with Crippen LogP contribution in [0, 0.1) is 0 Å². The van der Waals surface area contributed by atoms with Crippen molar-refractivity contribution in [3.63, 3.8) is 0 Å². The Hall–Kier alpha value is -3.29. The summed E-state index contributed by atoms with van der Waals surface area (Å²) in [6.45, 7) is 0. The van der Waals surface area contributed by atoms with E-state index < -0.39 is 5.97 Å². The summed E-state index contributed by atoms with van der Waals surface area (Å²) in [5.41, 5.74) is 0.506. The lowest BCUT2D eigenvalue weighted by Gasteiger charge is -2.02. The summed E-state index contributed by atoms with van der Waals surface area (Å²) in [7, 11) is 0. The minimum Gasteiger partial charge on any atom is -0.476 e. The number of benzene rings is 1. The van der Waals surface area contributed by atoms with Crippen LogP contribution in [0.5, 0.6) is 11.9 Å². The van der Waals surface area contributed by atoms with Crippen LogP contribution in [0.4, 0.5) is 0 Å². The van der Waals surface area contributed by atoms with Gasteiger partial charge in [0.15, 0.2) is 0 Å². The summed E-state index contributed by atoms with van der Waals surface area (Å²) < 4.78 is 6.78. The van der Waals surface area contributed by atoms with Crippen molar-refractivity contribution in [2.45, 2.75) is 0 Å². The minimum absolute atomic E-state index is 0.0122. The molecule has 0 atom stereocenters. The first-order chi connectivity index (χ1) is 10.2. The Kier molecular flexibility index (Phi) is 3.26. The van der Waals surface area contributed by atoms with Crippen molar-refractivity contribution >= 4 is 5.97 Å². The highest BCUT2D eigenvalue weighted by atomic mass is 16.5. The lowest BCUT2D eigenvalue weighted by Crippen LogP contribution is -2.05. The topological polar surface area (TPSA) is 103 Å². The molecule has 8 nitrogen and oxygen atoms in total. The molecule has 104 valence electrons. The molecule has 3 rings (SSSR count). The fraction of sp³-hybridized carbons (Fsp3) is 0. The van der Waals surface area contributed by atoms with Gasteiger partial charge in [0.25, 0.3) is 5.88 Å². The number of nitrogens with zero attached hydrogens (tertiary/aromatic N) is 5. The number of carbonyl (C=O) groups is 1. The van der Waals surface area contributed by atoms with Crippen LogP contribution in [0.1, 0.15) is 10.5 Å². The molecule has 1 aromatic carbocycles. The molecule has 0 aliphatic heterocycles. The van der Waals surface area contributed by atoms with E-state index in [2.05, 4.69) is 20.1 Å². The maximum Gasteiger partial charge on any atom is 0.360 e. The molecular weight excluding hydrogens is 274 g/mol. The van der Waals surface area contributed by atoms with Crippen molar-refractivity contribution in [1.82, 2.24) is 24.7 Å². The Morgan fingerprint density at radius 3 is 2.62 bits per heavy atom. The van der Waals surface area contributed by atoms with Crippen LogP contribution in [-0.2, 0) is 0 Å². The summed E-state index contributed by atoms with van der Waals surface area (Å²) in [4.78, 5) is 22.5. The third-order valence-corrected chi connectivity index (χ3v) is 2.55. The Morgan fingerprint density at radius 1 is 1.10 bits per heavy atom. The van der Waals surface area contributed by atoms with Gasteiger partial charge < -0.3 is 9.84 Å². The average molecular weight is 283 g/mol. The van der Waals surface area contributed by atoms with E-state index in [1.54, 1.807) is 0 Å². The molecule has 2 heterocycles. The number of hydrogen-bond acceptors (Lipinski definition) is 6. The van der Waals surface area contributed by atoms with Gasteiger partial charge in [-0.2, -0.15) is 4.98 Å². The molecule has 0 bridgehead atoms. The number of ether oxygens (including phenoxy) is 1. The molecule has 3 aromatic rings. The standard InChI is InChI=1S/C13H9N5O3/c19-12(20)10-11(15-7-6-14-10)21-13-16-8-18(17-13)9-4-2-1-3-5-9/h1-8H,(H,19,20). The molecule has 0 unspecified atom stereocenters. The number of aromatic carboxylic acids is 1. The summed E-state index contributed by atoms with van der Waals surface area (Å²) in [5, 5.41) is 13.1. The molecule has 0 aliphatic rings. The highest BCUT2D eigenvalue weighted by Gasteiger charge is 2.16. The molecule has 0 spiro atoms. The molecule has 0 aliphatic carbocycles. The summed E-state index contributed by atoms with van der Waals surface area (Å²) >= 11 is 0. The van der Waals surface area contributed by atoms with Crippen molar-refractivity contribution in [1.29, 1.82) is 0 Å². The van der Waals surface area contributed by atoms with Gasteiger partial charge in [-0.3, -0.25) is 0 Å². The van der Waals surface area contributed by atoms with Crippen molar-refractivity contribution in [3.05, 3.63) is 54.7 Å². The van der Waals surface area contributed by atoms with E-state index in [0.717, 1.165) is 5.69 Å². The zero-order chi connectivity index (χ0) is 14.7. The van der Waals surface area contributed by atoms with Gasteiger partial charge in [0, 0.05) is 12.4 Å². The normalized spacial score (nSPS) is 10.3.